The van der Waals surface area contributed by atoms with Crippen molar-refractivity contribution >= 4 is 5.97 Å². The van der Waals surface area contributed by atoms with Gasteiger partial charge in [0.05, 0.1) is 19.3 Å². The van der Waals surface area contributed by atoms with Gasteiger partial charge in [-0.2, -0.15) is 0 Å². The minimum Gasteiger partial charge on any atom is -0.463 e. The second-order valence-electron chi connectivity index (χ2n) is 10.2. The van der Waals surface area contributed by atoms with Crippen molar-refractivity contribution in [1.29, 1.82) is 0 Å². The van der Waals surface area contributed by atoms with E-state index in [-0.39, 0.29) is 19.2 Å². The molecule has 0 saturated carbocycles. The van der Waals surface area contributed by atoms with E-state index in [1.54, 1.807) is 0 Å². The smallest absolute Gasteiger partial charge is 0.305 e. The molecule has 0 radical (unpaired) electrons. The third kappa shape index (κ3) is 14.8. The highest BCUT2D eigenvalue weighted by Gasteiger charge is 2.43. The summed E-state index contributed by atoms with van der Waals surface area (Å²) >= 11 is 0. The minimum atomic E-state index is -1.33. The topological polar surface area (TPSA) is 152 Å². The summed E-state index contributed by atoms with van der Waals surface area (Å²) in [6, 6.07) is -1.04. The van der Waals surface area contributed by atoms with E-state index < -0.39 is 43.4 Å². The highest BCUT2D eigenvalue weighted by Crippen LogP contribution is 2.21. The molecule has 0 aliphatic carbocycles. The highest BCUT2D eigenvalue weighted by molar-refractivity contribution is 5.69. The van der Waals surface area contributed by atoms with Gasteiger partial charge < -0.3 is 40.4 Å². The molecule has 0 aromatic carbocycles. The van der Waals surface area contributed by atoms with E-state index >= 15 is 0 Å². The summed E-state index contributed by atoms with van der Waals surface area (Å²) in [7, 11) is 0. The second-order valence-corrected chi connectivity index (χ2v) is 10.2. The third-order valence-corrected chi connectivity index (χ3v) is 6.80. The maximum absolute atomic E-state index is 11.9. The molecule has 1 unspecified atom stereocenters. The molecule has 9 heteroatoms. The fourth-order valence-electron chi connectivity index (χ4n) is 4.41. The number of nitrogens with two attached hydrogens (primary N) is 1. The molecule has 1 heterocycles. The molecule has 6 N–H and O–H groups in total. The van der Waals surface area contributed by atoms with Crippen LogP contribution >= 0.6 is 0 Å². The largest absolute Gasteiger partial charge is 0.463 e. The molecule has 1 fully saturated rings. The number of aliphatic hydroxyl groups is 4. The lowest BCUT2D eigenvalue weighted by atomic mass is 9.98. The monoisotopic (exact) mass is 519 g/mol. The Morgan fingerprint density at radius 3 is 1.83 bits per heavy atom. The fourth-order valence-corrected chi connectivity index (χ4v) is 4.41. The number of hydrogen-bond donors (Lipinski definition) is 5. The Bertz CT molecular complexity index is 536. The van der Waals surface area contributed by atoms with Crippen LogP contribution in [0.25, 0.3) is 0 Å². The van der Waals surface area contributed by atoms with Gasteiger partial charge in [0.25, 0.3) is 0 Å². The van der Waals surface area contributed by atoms with Crippen LogP contribution in [0, 0.1) is 0 Å². The molecular formula is C27H53NO8. The summed E-state index contributed by atoms with van der Waals surface area (Å²) < 4.78 is 15.8. The normalized spacial score (nSPS) is 25.1. The van der Waals surface area contributed by atoms with Gasteiger partial charge in [0, 0.05) is 6.42 Å². The van der Waals surface area contributed by atoms with Crippen molar-refractivity contribution in [3.63, 3.8) is 0 Å². The summed E-state index contributed by atoms with van der Waals surface area (Å²) in [5.41, 5.74) is 5.78. The van der Waals surface area contributed by atoms with Crippen LogP contribution in [0.3, 0.4) is 0 Å². The molecule has 0 aromatic rings. The maximum atomic E-state index is 11.9. The first-order valence-electron chi connectivity index (χ1n) is 14.2. The second kappa shape index (κ2) is 21.2. The van der Waals surface area contributed by atoms with Crippen molar-refractivity contribution in [3.8, 4) is 0 Å². The number of carbonyl (C=O) groups excluding carboxylic acids is 1. The van der Waals surface area contributed by atoms with Crippen LogP contribution in [0.4, 0.5) is 0 Å². The number of rotatable bonds is 22. The van der Waals surface area contributed by atoms with Gasteiger partial charge in [-0.15, -0.1) is 0 Å². The molecule has 1 aliphatic rings. The van der Waals surface area contributed by atoms with E-state index in [0.717, 1.165) is 19.3 Å². The fraction of sp³-hybridized carbons (Fsp3) is 0.963. The van der Waals surface area contributed by atoms with Gasteiger partial charge in [0.2, 0.25) is 0 Å². The lowest BCUT2D eigenvalue weighted by molar-refractivity contribution is -0.270. The molecule has 9 nitrogen and oxygen atoms in total. The first-order valence-corrected chi connectivity index (χ1v) is 14.2. The lowest BCUT2D eigenvalue weighted by Crippen LogP contribution is -2.62. The lowest BCUT2D eigenvalue weighted by Gasteiger charge is -2.40. The SMILES string of the molecule is CCCCCCCCCCCCCCCCCC(=O)OCC(O)CO[C@H]1O[C@H](CO)[C@@H](O)[C@H](O)[C@H]1N. The predicted octanol–water partition coefficient (Wildman–Crippen LogP) is 2.93. The van der Waals surface area contributed by atoms with Crippen LogP contribution < -0.4 is 5.73 Å². The molecule has 0 bridgehead atoms. The zero-order chi connectivity index (χ0) is 26.6. The highest BCUT2D eigenvalue weighted by atomic mass is 16.7. The molecule has 1 aliphatic heterocycles. The van der Waals surface area contributed by atoms with Crippen molar-refractivity contribution in [2.75, 3.05) is 19.8 Å². The van der Waals surface area contributed by atoms with E-state index in [9.17, 15) is 25.2 Å². The van der Waals surface area contributed by atoms with Gasteiger partial charge in [-0.3, -0.25) is 4.79 Å². The molecule has 0 amide bonds. The van der Waals surface area contributed by atoms with Crippen LogP contribution in [0.15, 0.2) is 0 Å². The number of hydrogen-bond acceptors (Lipinski definition) is 9. The van der Waals surface area contributed by atoms with E-state index in [4.69, 9.17) is 19.9 Å². The Morgan fingerprint density at radius 1 is 0.833 bits per heavy atom. The van der Waals surface area contributed by atoms with Gasteiger partial charge >= 0.3 is 5.97 Å². The maximum Gasteiger partial charge on any atom is 0.305 e. The number of ether oxygens (including phenoxy) is 3. The van der Waals surface area contributed by atoms with Crippen LogP contribution in [-0.2, 0) is 19.0 Å². The molecule has 1 rings (SSSR count). The molecule has 214 valence electrons. The Hall–Kier alpha value is -0.810. The summed E-state index contributed by atoms with van der Waals surface area (Å²) in [5.74, 6) is -0.353. The molecule has 0 aromatic heterocycles. The van der Waals surface area contributed by atoms with Crippen LogP contribution in [0.1, 0.15) is 110 Å². The summed E-state index contributed by atoms with van der Waals surface area (Å²) in [4.78, 5) is 11.9. The Balaban J connectivity index is 1.94. The Morgan fingerprint density at radius 2 is 1.33 bits per heavy atom. The van der Waals surface area contributed by atoms with E-state index in [0.29, 0.717) is 6.42 Å². The third-order valence-electron chi connectivity index (χ3n) is 6.80. The van der Waals surface area contributed by atoms with Gasteiger partial charge in [-0.1, -0.05) is 96.8 Å². The number of aliphatic hydroxyl groups excluding tert-OH is 4. The van der Waals surface area contributed by atoms with Crippen molar-refractivity contribution in [2.24, 2.45) is 5.73 Å². The zero-order valence-electron chi connectivity index (χ0n) is 22.4. The Labute approximate surface area is 217 Å². The van der Waals surface area contributed by atoms with E-state index in [2.05, 4.69) is 6.92 Å². The van der Waals surface area contributed by atoms with Crippen LogP contribution in [0.5, 0.6) is 0 Å². The number of unbranched alkanes of at least 4 members (excludes halogenated alkanes) is 14. The first-order chi connectivity index (χ1) is 17.4. The quantitative estimate of drug-likeness (QED) is 0.107. The molecule has 36 heavy (non-hydrogen) atoms. The number of carbonyl (C=O) groups is 1. The van der Waals surface area contributed by atoms with Crippen molar-refractivity contribution in [1.82, 2.24) is 0 Å². The van der Waals surface area contributed by atoms with Crippen molar-refractivity contribution in [3.05, 3.63) is 0 Å². The van der Waals surface area contributed by atoms with Gasteiger partial charge in [-0.25, -0.2) is 0 Å². The zero-order valence-corrected chi connectivity index (χ0v) is 22.4. The van der Waals surface area contributed by atoms with Gasteiger partial charge in [0.1, 0.15) is 31.0 Å². The summed E-state index contributed by atoms with van der Waals surface area (Å²) in [6.45, 7) is 1.30. The molecule has 0 spiro atoms. The molecule has 6 atom stereocenters. The van der Waals surface area contributed by atoms with Crippen molar-refractivity contribution in [2.45, 2.75) is 146 Å². The van der Waals surface area contributed by atoms with Crippen LogP contribution in [-0.4, -0.2) is 83.0 Å². The average Bonchev–Trinajstić information content (AvgIpc) is 2.88. The first kappa shape index (κ1) is 33.2. The summed E-state index contributed by atoms with van der Waals surface area (Å²) in [5, 5.41) is 38.9. The molecular weight excluding hydrogens is 466 g/mol. The molecule has 1 saturated heterocycles. The van der Waals surface area contributed by atoms with Crippen molar-refractivity contribution < 1.29 is 39.4 Å². The van der Waals surface area contributed by atoms with Gasteiger partial charge in [-0.05, 0) is 6.42 Å². The predicted molar refractivity (Wildman–Crippen MR) is 138 cm³/mol. The number of esters is 1. The van der Waals surface area contributed by atoms with Gasteiger partial charge in [0.15, 0.2) is 6.29 Å². The van der Waals surface area contributed by atoms with E-state index in [1.807, 2.05) is 0 Å². The standard InChI is InChI=1S/C27H53NO8/c1-2-3-4-5-6-7-8-9-10-11-12-13-14-15-16-17-23(31)34-19-21(30)20-35-27-24(28)26(33)25(32)22(18-29)36-27/h21-22,24-27,29-30,32-33H,2-20,28H2,1H3/t21?,22-,24-,25-,26-,27+/m1/s1. The Kier molecular flexibility index (Phi) is 19.5. The van der Waals surface area contributed by atoms with E-state index in [1.165, 1.54) is 77.0 Å². The average molecular weight is 520 g/mol. The minimum absolute atomic E-state index is 0.214. The summed E-state index contributed by atoms with van der Waals surface area (Å²) in [6.07, 6.45) is 13.4. The van der Waals surface area contributed by atoms with Crippen LogP contribution in [0.2, 0.25) is 0 Å².